The van der Waals surface area contributed by atoms with Crippen LogP contribution in [0.1, 0.15) is 6.42 Å². The van der Waals surface area contributed by atoms with E-state index in [1.54, 1.807) is 12.1 Å². The summed E-state index contributed by atoms with van der Waals surface area (Å²) < 4.78 is 18.1. The van der Waals surface area contributed by atoms with E-state index in [0.717, 1.165) is 0 Å². The van der Waals surface area contributed by atoms with Crippen LogP contribution in [0.15, 0.2) is 24.3 Å². The topological polar surface area (TPSA) is 58.6 Å². The number of hydrogen-bond donors (Lipinski definition) is 1. The molecule has 1 amide bonds. The minimum atomic E-state index is -0.463. The molecular weight excluding hydrogens is 263 g/mol. The molecule has 1 fully saturated rings. The summed E-state index contributed by atoms with van der Waals surface area (Å²) in [5.41, 5.74) is 0.168. The molecule has 0 bridgehead atoms. The minimum absolute atomic E-state index is 0.141. The molecule has 0 aromatic heterocycles. The summed E-state index contributed by atoms with van der Waals surface area (Å²) in [6.45, 7) is 1.30. The molecule has 6 heteroatoms. The van der Waals surface area contributed by atoms with Crippen molar-refractivity contribution in [2.75, 3.05) is 32.1 Å². The number of rotatable bonds is 4. The maximum absolute atomic E-state index is 13.4. The molecule has 2 rings (SSSR count). The van der Waals surface area contributed by atoms with Gasteiger partial charge in [0.25, 0.3) is 0 Å². The van der Waals surface area contributed by atoms with Crippen LogP contribution in [0.4, 0.5) is 10.1 Å². The molecule has 0 aliphatic carbocycles. The summed E-state index contributed by atoms with van der Waals surface area (Å²) in [4.78, 5) is 25.1. The molecule has 0 radical (unpaired) electrons. The second-order valence-corrected chi connectivity index (χ2v) is 4.77. The van der Waals surface area contributed by atoms with Crippen LogP contribution in [-0.2, 0) is 14.3 Å². The van der Waals surface area contributed by atoms with Crippen molar-refractivity contribution >= 4 is 17.6 Å². The summed E-state index contributed by atoms with van der Waals surface area (Å²) in [5, 5.41) is 2.52. The quantitative estimate of drug-likeness (QED) is 0.844. The van der Waals surface area contributed by atoms with Gasteiger partial charge < -0.3 is 10.1 Å². The molecule has 1 aromatic carbocycles. The number of nitrogens with one attached hydrogen (secondary N) is 1. The minimum Gasteiger partial charge on any atom is -0.469 e. The molecule has 5 nitrogen and oxygen atoms in total. The largest absolute Gasteiger partial charge is 0.469 e. The number of para-hydroxylation sites is 1. The first-order valence-corrected chi connectivity index (χ1v) is 6.44. The number of nitrogens with zero attached hydrogens (tertiary/aromatic N) is 1. The van der Waals surface area contributed by atoms with Crippen molar-refractivity contribution in [3.05, 3.63) is 30.1 Å². The van der Waals surface area contributed by atoms with E-state index in [4.69, 9.17) is 0 Å². The Kier molecular flexibility index (Phi) is 4.68. The summed E-state index contributed by atoms with van der Waals surface area (Å²) in [6, 6.07) is 6.02. The Morgan fingerprint density at radius 2 is 2.20 bits per heavy atom. The van der Waals surface area contributed by atoms with Crippen molar-refractivity contribution in [3.63, 3.8) is 0 Å². The van der Waals surface area contributed by atoms with E-state index in [9.17, 15) is 14.0 Å². The number of carbonyl (C=O) groups is 2. The predicted molar refractivity (Wildman–Crippen MR) is 71.6 cm³/mol. The molecule has 20 heavy (non-hydrogen) atoms. The van der Waals surface area contributed by atoms with E-state index in [2.05, 4.69) is 10.1 Å². The average Bonchev–Trinajstić information content (AvgIpc) is 2.89. The Hall–Kier alpha value is -1.95. The molecule has 1 aromatic rings. The fourth-order valence-corrected chi connectivity index (χ4v) is 2.29. The Morgan fingerprint density at radius 3 is 2.90 bits per heavy atom. The van der Waals surface area contributed by atoms with Crippen LogP contribution in [-0.4, -0.2) is 43.5 Å². The molecule has 1 heterocycles. The van der Waals surface area contributed by atoms with Crippen molar-refractivity contribution in [2.45, 2.75) is 6.42 Å². The van der Waals surface area contributed by atoms with Crippen molar-refractivity contribution in [1.29, 1.82) is 0 Å². The number of benzene rings is 1. The molecule has 1 aliphatic rings. The van der Waals surface area contributed by atoms with Crippen molar-refractivity contribution in [1.82, 2.24) is 4.90 Å². The van der Waals surface area contributed by atoms with Crippen molar-refractivity contribution in [2.24, 2.45) is 5.92 Å². The highest BCUT2D eigenvalue weighted by molar-refractivity contribution is 5.92. The van der Waals surface area contributed by atoms with Crippen LogP contribution in [0.2, 0.25) is 0 Å². The highest BCUT2D eigenvalue weighted by atomic mass is 19.1. The predicted octanol–water partition coefficient (Wildman–Crippen LogP) is 1.26. The number of anilines is 1. The van der Waals surface area contributed by atoms with Crippen molar-refractivity contribution < 1.29 is 18.7 Å². The number of esters is 1. The van der Waals surface area contributed by atoms with Gasteiger partial charge in [-0.25, -0.2) is 4.39 Å². The van der Waals surface area contributed by atoms with Gasteiger partial charge in [-0.15, -0.1) is 0 Å². The fourth-order valence-electron chi connectivity index (χ4n) is 2.29. The number of hydrogen-bond acceptors (Lipinski definition) is 4. The maximum Gasteiger partial charge on any atom is 0.310 e. The number of carbonyl (C=O) groups excluding carboxylic acids is 2. The smallest absolute Gasteiger partial charge is 0.310 e. The van der Waals surface area contributed by atoms with E-state index in [1.165, 1.54) is 19.2 Å². The maximum atomic E-state index is 13.4. The SMILES string of the molecule is COC(=O)C1CCN(CC(=O)Nc2ccccc2F)C1. The van der Waals surface area contributed by atoms with Gasteiger partial charge in [0.05, 0.1) is 25.3 Å². The Bertz CT molecular complexity index is 507. The van der Waals surface area contributed by atoms with Gasteiger partial charge >= 0.3 is 5.97 Å². The van der Waals surface area contributed by atoms with Gasteiger partial charge in [0.1, 0.15) is 5.82 Å². The van der Waals surface area contributed by atoms with E-state index in [1.807, 2.05) is 4.90 Å². The summed E-state index contributed by atoms with van der Waals surface area (Å²) >= 11 is 0. The molecular formula is C14H17FN2O3. The summed E-state index contributed by atoms with van der Waals surface area (Å²) in [6.07, 6.45) is 0.680. The second kappa shape index (κ2) is 6.47. The Morgan fingerprint density at radius 1 is 1.45 bits per heavy atom. The highest BCUT2D eigenvalue weighted by Crippen LogP contribution is 2.17. The first-order chi connectivity index (χ1) is 9.60. The van der Waals surface area contributed by atoms with Gasteiger partial charge in [0.15, 0.2) is 0 Å². The first-order valence-electron chi connectivity index (χ1n) is 6.44. The molecule has 1 N–H and O–H groups in total. The fraction of sp³-hybridized carbons (Fsp3) is 0.429. The van der Waals surface area contributed by atoms with E-state index < -0.39 is 5.82 Å². The van der Waals surface area contributed by atoms with Gasteiger partial charge in [-0.3, -0.25) is 14.5 Å². The zero-order chi connectivity index (χ0) is 14.5. The first kappa shape index (κ1) is 14.5. The molecule has 1 atom stereocenters. The van der Waals surface area contributed by atoms with Crippen LogP contribution in [0, 0.1) is 11.7 Å². The monoisotopic (exact) mass is 280 g/mol. The second-order valence-electron chi connectivity index (χ2n) is 4.77. The third-order valence-corrected chi connectivity index (χ3v) is 3.32. The molecule has 1 saturated heterocycles. The zero-order valence-corrected chi connectivity index (χ0v) is 11.3. The van der Waals surface area contributed by atoms with Crippen LogP contribution in [0.5, 0.6) is 0 Å². The van der Waals surface area contributed by atoms with Gasteiger partial charge in [-0.1, -0.05) is 12.1 Å². The lowest BCUT2D eigenvalue weighted by Gasteiger charge is -2.15. The highest BCUT2D eigenvalue weighted by Gasteiger charge is 2.29. The number of amides is 1. The average molecular weight is 280 g/mol. The normalized spacial score (nSPS) is 18.8. The van der Waals surface area contributed by atoms with E-state index in [-0.39, 0.29) is 30.0 Å². The van der Waals surface area contributed by atoms with Crippen molar-refractivity contribution in [3.8, 4) is 0 Å². The number of halogens is 1. The molecule has 0 spiro atoms. The molecule has 108 valence electrons. The summed E-state index contributed by atoms with van der Waals surface area (Å²) in [7, 11) is 1.36. The van der Waals surface area contributed by atoms with Gasteiger partial charge in [0, 0.05) is 6.54 Å². The van der Waals surface area contributed by atoms with Crippen LogP contribution < -0.4 is 5.32 Å². The van der Waals surface area contributed by atoms with Crippen LogP contribution in [0.3, 0.4) is 0 Å². The van der Waals surface area contributed by atoms with Gasteiger partial charge in [-0.05, 0) is 25.1 Å². The van der Waals surface area contributed by atoms with Gasteiger partial charge in [-0.2, -0.15) is 0 Å². The Labute approximate surface area is 116 Å². The molecule has 0 saturated carbocycles. The standard InChI is InChI=1S/C14H17FN2O3/c1-20-14(19)10-6-7-17(8-10)9-13(18)16-12-5-3-2-4-11(12)15/h2-5,10H,6-9H2,1H3,(H,16,18). The number of likely N-dealkylation sites (tertiary alicyclic amines) is 1. The lowest BCUT2D eigenvalue weighted by molar-refractivity contribution is -0.145. The third kappa shape index (κ3) is 3.54. The lowest BCUT2D eigenvalue weighted by atomic mass is 10.1. The lowest BCUT2D eigenvalue weighted by Crippen LogP contribution is -2.32. The number of ether oxygens (including phenoxy) is 1. The van der Waals surface area contributed by atoms with Crippen LogP contribution >= 0.6 is 0 Å². The third-order valence-electron chi connectivity index (χ3n) is 3.32. The van der Waals surface area contributed by atoms with Crippen LogP contribution in [0.25, 0.3) is 0 Å². The zero-order valence-electron chi connectivity index (χ0n) is 11.3. The summed E-state index contributed by atoms with van der Waals surface area (Å²) in [5.74, 6) is -1.18. The Balaban J connectivity index is 1.84. The van der Waals surface area contributed by atoms with E-state index >= 15 is 0 Å². The van der Waals surface area contributed by atoms with Gasteiger partial charge in [0.2, 0.25) is 5.91 Å². The van der Waals surface area contributed by atoms with E-state index in [0.29, 0.717) is 19.5 Å². The molecule has 1 aliphatic heterocycles. The number of methoxy groups -OCH3 is 1. The molecule has 1 unspecified atom stereocenters.